The van der Waals surface area contributed by atoms with Gasteiger partial charge in [0.1, 0.15) is 6.10 Å². The van der Waals surface area contributed by atoms with Gasteiger partial charge in [0.25, 0.3) is 0 Å². The maximum absolute atomic E-state index is 13.2. The first-order valence-electron chi connectivity index (χ1n) is 17.8. The highest BCUT2D eigenvalue weighted by Crippen LogP contribution is 2.75. The van der Waals surface area contributed by atoms with Crippen LogP contribution in [0.4, 0.5) is 0 Å². The van der Waals surface area contributed by atoms with E-state index in [4.69, 9.17) is 9.47 Å². The summed E-state index contributed by atoms with van der Waals surface area (Å²) in [7, 11) is 1.48. The molecule has 0 unspecified atom stereocenters. The van der Waals surface area contributed by atoms with Crippen molar-refractivity contribution < 1.29 is 34.4 Å². The van der Waals surface area contributed by atoms with Gasteiger partial charge in [-0.05, 0) is 126 Å². The number of carbonyl (C=O) groups excluding carboxylic acids is 1. The molecule has 5 aliphatic rings. The number of aliphatic hydroxyl groups is 1. The fourth-order valence-corrected chi connectivity index (χ4v) is 12.2. The summed E-state index contributed by atoms with van der Waals surface area (Å²) in [6, 6.07) is 4.87. The third kappa shape index (κ3) is 4.83. The minimum Gasteiger partial charge on any atom is -0.504 e. The SMILES string of the molecule is COc1cc(/C=C/C(=O)O[C@@H]2C[C@]3(C)[C@H]4CC=C5[C@@H]6[C@@H](C)[C@H](C)CC[C@]6(C(=O)O)CC[C@@]5(C)[C@]4(C)CC[C@H]3C(C)(C)[C@H]2O)ccc1O. The van der Waals surface area contributed by atoms with Gasteiger partial charge in [0.15, 0.2) is 11.5 Å². The monoisotopic (exact) mass is 648 g/mol. The molecule has 0 amide bonds. The number of rotatable bonds is 5. The molecule has 4 saturated carbocycles. The lowest BCUT2D eigenvalue weighted by molar-refractivity contribution is -0.237. The molecule has 1 aromatic carbocycles. The Morgan fingerprint density at radius 2 is 1.70 bits per heavy atom. The quantitative estimate of drug-likeness (QED) is 0.168. The number of methoxy groups -OCH3 is 1. The van der Waals surface area contributed by atoms with Gasteiger partial charge in [0.2, 0.25) is 0 Å². The van der Waals surface area contributed by atoms with Crippen LogP contribution < -0.4 is 4.74 Å². The van der Waals surface area contributed by atoms with Crippen LogP contribution in [-0.4, -0.2) is 46.6 Å². The van der Waals surface area contributed by atoms with Crippen molar-refractivity contribution in [2.45, 2.75) is 112 Å². The Balaban J connectivity index is 1.32. The van der Waals surface area contributed by atoms with Crippen LogP contribution in [0.5, 0.6) is 11.5 Å². The smallest absolute Gasteiger partial charge is 0.331 e. The van der Waals surface area contributed by atoms with E-state index in [-0.39, 0.29) is 33.8 Å². The highest BCUT2D eigenvalue weighted by molar-refractivity contribution is 5.87. The fourth-order valence-electron chi connectivity index (χ4n) is 12.2. The van der Waals surface area contributed by atoms with Crippen molar-refractivity contribution >= 4 is 18.0 Å². The molecular weight excluding hydrogens is 592 g/mol. The molecule has 0 saturated heterocycles. The van der Waals surface area contributed by atoms with E-state index >= 15 is 0 Å². The molecule has 7 heteroatoms. The number of phenolic OH excluding ortho intramolecular Hbond substituents is 1. The standard InChI is InChI=1S/C40H56O7/c1-23-15-18-40(35(44)45)20-19-38(6)26(33(40)24(23)2)11-13-31-37(5)22-29(34(43)36(3,4)30(37)16-17-39(31,38)7)47-32(42)14-10-25-9-12-27(41)28(21-25)46-8/h9-12,14,21,23-24,29-31,33-34,41,43H,13,15-20,22H2,1-8H3,(H,44,45)/b14-10+/t23-,24+,29-,30+,31-,33+,34+,37+,38-,39-,40+/m1/s1. The summed E-state index contributed by atoms with van der Waals surface area (Å²) in [4.78, 5) is 26.3. The van der Waals surface area contributed by atoms with Crippen LogP contribution in [0.2, 0.25) is 0 Å². The molecule has 3 N–H and O–H groups in total. The number of hydrogen-bond acceptors (Lipinski definition) is 6. The predicted molar refractivity (Wildman–Crippen MR) is 182 cm³/mol. The lowest BCUT2D eigenvalue weighted by Crippen LogP contribution is -2.67. The Bertz CT molecular complexity index is 1490. The highest BCUT2D eigenvalue weighted by Gasteiger charge is 2.70. The number of aliphatic hydroxyl groups excluding tert-OH is 1. The second kappa shape index (κ2) is 11.4. The first-order chi connectivity index (χ1) is 22.0. The number of carboxylic acids is 1. The Morgan fingerprint density at radius 3 is 2.38 bits per heavy atom. The number of allylic oxidation sites excluding steroid dienone is 2. The van der Waals surface area contributed by atoms with Gasteiger partial charge in [-0.3, -0.25) is 4.79 Å². The van der Waals surface area contributed by atoms with E-state index in [0.29, 0.717) is 35.5 Å². The summed E-state index contributed by atoms with van der Waals surface area (Å²) < 4.78 is 11.3. The maximum atomic E-state index is 13.2. The van der Waals surface area contributed by atoms with Crippen molar-refractivity contribution in [3.05, 3.63) is 41.5 Å². The Morgan fingerprint density at radius 1 is 0.979 bits per heavy atom. The number of benzene rings is 1. The molecule has 0 bridgehead atoms. The first kappa shape index (κ1) is 34.1. The van der Waals surface area contributed by atoms with E-state index in [2.05, 4.69) is 54.5 Å². The van der Waals surface area contributed by atoms with Crippen LogP contribution in [0, 0.1) is 56.7 Å². The minimum absolute atomic E-state index is 0.0258. The molecule has 0 radical (unpaired) electrons. The molecule has 47 heavy (non-hydrogen) atoms. The van der Waals surface area contributed by atoms with E-state index in [9.17, 15) is 24.9 Å². The number of carbonyl (C=O) groups is 2. The highest BCUT2D eigenvalue weighted by atomic mass is 16.6. The van der Waals surface area contributed by atoms with Crippen molar-refractivity contribution in [2.24, 2.45) is 56.7 Å². The van der Waals surface area contributed by atoms with Crippen LogP contribution >= 0.6 is 0 Å². The molecule has 6 rings (SSSR count). The summed E-state index contributed by atoms with van der Waals surface area (Å²) in [5.41, 5.74) is 0.618. The number of aliphatic carboxylic acids is 1. The summed E-state index contributed by atoms with van der Waals surface area (Å²) in [5.74, 6) is 0.670. The third-order valence-electron chi connectivity index (χ3n) is 15.2. The Hall–Kier alpha value is -2.80. The molecule has 11 atom stereocenters. The lowest BCUT2D eigenvalue weighted by Gasteiger charge is -2.71. The molecule has 258 valence electrons. The zero-order valence-electron chi connectivity index (χ0n) is 29.6. The van der Waals surface area contributed by atoms with Crippen LogP contribution in [0.3, 0.4) is 0 Å². The van der Waals surface area contributed by atoms with Gasteiger partial charge in [0, 0.05) is 6.08 Å². The molecule has 0 heterocycles. The van der Waals surface area contributed by atoms with E-state index in [1.165, 1.54) is 24.8 Å². The number of fused-ring (bicyclic) bond motifs is 7. The second-order valence-corrected chi connectivity index (χ2v) is 17.3. The Labute approximate surface area is 280 Å². The van der Waals surface area contributed by atoms with E-state index in [1.54, 1.807) is 18.2 Å². The zero-order valence-corrected chi connectivity index (χ0v) is 29.6. The molecule has 0 aromatic heterocycles. The molecule has 5 aliphatic carbocycles. The number of ether oxygens (including phenoxy) is 2. The van der Waals surface area contributed by atoms with Gasteiger partial charge in [0.05, 0.1) is 18.6 Å². The average molecular weight is 649 g/mol. The average Bonchev–Trinajstić information content (AvgIpc) is 3.01. The molecule has 1 aromatic rings. The minimum atomic E-state index is -0.795. The number of aromatic hydroxyl groups is 1. The van der Waals surface area contributed by atoms with E-state index < -0.39 is 35.0 Å². The van der Waals surface area contributed by atoms with E-state index in [0.717, 1.165) is 44.9 Å². The van der Waals surface area contributed by atoms with Gasteiger partial charge < -0.3 is 24.8 Å². The molecule has 0 spiro atoms. The van der Waals surface area contributed by atoms with Crippen molar-refractivity contribution in [1.29, 1.82) is 0 Å². The Kier molecular flexibility index (Phi) is 8.26. The number of carboxylic acid groups (broad SMARTS) is 1. The summed E-state index contributed by atoms with van der Waals surface area (Å²) >= 11 is 0. The van der Waals surface area contributed by atoms with Crippen molar-refractivity contribution in [2.75, 3.05) is 7.11 Å². The number of hydrogen-bond donors (Lipinski definition) is 3. The zero-order chi connectivity index (χ0) is 34.3. The van der Waals surface area contributed by atoms with Crippen LogP contribution in [-0.2, 0) is 14.3 Å². The second-order valence-electron chi connectivity index (χ2n) is 17.3. The first-order valence-corrected chi connectivity index (χ1v) is 17.8. The number of phenols is 1. The normalized spacial score (nSPS) is 43.9. The topological polar surface area (TPSA) is 113 Å². The lowest BCUT2D eigenvalue weighted by atomic mass is 9.33. The van der Waals surface area contributed by atoms with Crippen molar-refractivity contribution in [1.82, 2.24) is 0 Å². The molecule has 0 aliphatic heterocycles. The van der Waals surface area contributed by atoms with Crippen LogP contribution in [0.25, 0.3) is 6.08 Å². The van der Waals surface area contributed by atoms with Crippen LogP contribution in [0.15, 0.2) is 35.9 Å². The predicted octanol–water partition coefficient (Wildman–Crippen LogP) is 8.04. The third-order valence-corrected chi connectivity index (χ3v) is 15.2. The van der Waals surface area contributed by atoms with Gasteiger partial charge in [-0.1, -0.05) is 66.2 Å². The summed E-state index contributed by atoms with van der Waals surface area (Å²) in [5, 5.41) is 32.4. The van der Waals surface area contributed by atoms with Crippen LogP contribution in [0.1, 0.15) is 105 Å². The van der Waals surface area contributed by atoms with Crippen molar-refractivity contribution in [3.63, 3.8) is 0 Å². The van der Waals surface area contributed by atoms with Gasteiger partial charge >= 0.3 is 11.9 Å². The summed E-state index contributed by atoms with van der Waals surface area (Å²) in [6.07, 6.45) is 10.9. The summed E-state index contributed by atoms with van der Waals surface area (Å²) in [6.45, 7) is 16.2. The van der Waals surface area contributed by atoms with Gasteiger partial charge in [-0.15, -0.1) is 0 Å². The number of esters is 1. The largest absolute Gasteiger partial charge is 0.504 e. The van der Waals surface area contributed by atoms with E-state index in [1.807, 2.05) is 0 Å². The molecular formula is C40H56O7. The molecule has 4 fully saturated rings. The maximum Gasteiger partial charge on any atom is 0.331 e. The fraction of sp³-hybridized carbons (Fsp3) is 0.700. The van der Waals surface area contributed by atoms with Gasteiger partial charge in [-0.2, -0.15) is 0 Å². The van der Waals surface area contributed by atoms with Crippen molar-refractivity contribution in [3.8, 4) is 11.5 Å². The molecule has 7 nitrogen and oxygen atoms in total. The van der Waals surface area contributed by atoms with Gasteiger partial charge in [-0.25, -0.2) is 4.79 Å².